The van der Waals surface area contributed by atoms with E-state index in [4.69, 9.17) is 16.3 Å². The average Bonchev–Trinajstić information content (AvgIpc) is 3.40. The number of carbonyl (C=O) groups is 2. The topological polar surface area (TPSA) is 61.9 Å². The van der Waals surface area contributed by atoms with Gasteiger partial charge in [-0.05, 0) is 41.5 Å². The molecular weight excluding hydrogens is 470 g/mol. The Hall–Kier alpha value is -3.16. The maximum absolute atomic E-state index is 14.1. The normalized spacial score (nSPS) is 18.9. The minimum Gasteiger partial charge on any atom is -0.497 e. The molecule has 1 atom stereocenters. The van der Waals surface area contributed by atoms with Crippen LogP contribution in [0.15, 0.2) is 72.8 Å². The number of anilines is 1. The van der Waals surface area contributed by atoms with Gasteiger partial charge in [-0.25, -0.2) is 4.79 Å². The number of urea groups is 1. The average molecular weight is 494 g/mol. The second-order valence-electron chi connectivity index (χ2n) is 8.19. The van der Waals surface area contributed by atoms with Crippen molar-refractivity contribution < 1.29 is 14.3 Å². The fourth-order valence-electron chi connectivity index (χ4n) is 4.57. The first-order chi connectivity index (χ1) is 16.5. The molecule has 34 heavy (non-hydrogen) atoms. The zero-order valence-electron chi connectivity index (χ0n) is 18.7. The molecule has 1 N–H and O–H groups in total. The summed E-state index contributed by atoms with van der Waals surface area (Å²) >= 11 is 7.86. The SMILES string of the molecule is COc1cccc(CN2C(=O)[C@]3(SCCN3C(=O)NCc3ccccc3)c3cc(Cl)ccc32)c1. The Morgan fingerprint density at radius 2 is 1.88 bits per heavy atom. The quantitative estimate of drug-likeness (QED) is 0.543. The number of hydrogen-bond donors (Lipinski definition) is 1. The van der Waals surface area contributed by atoms with Crippen molar-refractivity contribution in [3.05, 3.63) is 94.5 Å². The Morgan fingerprint density at radius 1 is 1.09 bits per heavy atom. The fourth-order valence-corrected chi connectivity index (χ4v) is 6.19. The van der Waals surface area contributed by atoms with E-state index in [0.717, 1.165) is 28.1 Å². The van der Waals surface area contributed by atoms with Crippen LogP contribution in [0.4, 0.5) is 10.5 Å². The third-order valence-corrected chi connectivity index (χ3v) is 7.82. The fraction of sp³-hybridized carbons (Fsp3) is 0.231. The molecule has 3 aromatic rings. The zero-order chi connectivity index (χ0) is 23.7. The molecular formula is C26H24ClN3O3S. The molecule has 0 aromatic heterocycles. The number of nitrogens with one attached hydrogen (secondary N) is 1. The number of fused-ring (bicyclic) bond motifs is 2. The van der Waals surface area contributed by atoms with E-state index in [9.17, 15) is 9.59 Å². The standard InChI is InChI=1S/C26H24ClN3O3S/c1-33-21-9-5-8-19(14-21)17-29-23-11-10-20(27)15-22(23)26(24(29)31)30(12-13-34-26)25(32)28-16-18-6-3-2-4-7-18/h2-11,14-15H,12-13,16-17H2,1H3,(H,28,32)/t26-/m1/s1. The molecule has 3 amide bonds. The summed E-state index contributed by atoms with van der Waals surface area (Å²) in [5, 5.41) is 3.52. The van der Waals surface area contributed by atoms with Crippen molar-refractivity contribution >= 4 is 41.0 Å². The molecule has 2 heterocycles. The van der Waals surface area contributed by atoms with Crippen LogP contribution < -0.4 is 15.0 Å². The van der Waals surface area contributed by atoms with Crippen molar-refractivity contribution in [2.75, 3.05) is 24.3 Å². The van der Waals surface area contributed by atoms with E-state index in [1.54, 1.807) is 23.0 Å². The van der Waals surface area contributed by atoms with Gasteiger partial charge in [-0.1, -0.05) is 54.1 Å². The molecule has 6 nitrogen and oxygen atoms in total. The van der Waals surface area contributed by atoms with Crippen LogP contribution >= 0.6 is 23.4 Å². The summed E-state index contributed by atoms with van der Waals surface area (Å²) in [5.41, 5.74) is 3.46. The molecule has 0 saturated carbocycles. The number of nitrogens with zero attached hydrogens (tertiary/aromatic N) is 2. The molecule has 8 heteroatoms. The van der Waals surface area contributed by atoms with Crippen LogP contribution in [-0.2, 0) is 22.8 Å². The highest BCUT2D eigenvalue weighted by Crippen LogP contribution is 2.55. The Balaban J connectivity index is 1.48. The first-order valence-electron chi connectivity index (χ1n) is 11.0. The number of rotatable bonds is 5. The van der Waals surface area contributed by atoms with Crippen LogP contribution in [0.1, 0.15) is 16.7 Å². The summed E-state index contributed by atoms with van der Waals surface area (Å²) in [4.78, 5) is 29.7. The summed E-state index contributed by atoms with van der Waals surface area (Å²) in [6, 6.07) is 22.6. The maximum atomic E-state index is 14.1. The third kappa shape index (κ3) is 3.89. The highest BCUT2D eigenvalue weighted by molar-refractivity contribution is 8.01. The summed E-state index contributed by atoms with van der Waals surface area (Å²) in [5.74, 6) is 1.25. The largest absolute Gasteiger partial charge is 0.497 e. The highest BCUT2D eigenvalue weighted by Gasteiger charge is 2.59. The van der Waals surface area contributed by atoms with Gasteiger partial charge in [-0.3, -0.25) is 9.69 Å². The van der Waals surface area contributed by atoms with Crippen molar-refractivity contribution in [1.29, 1.82) is 0 Å². The van der Waals surface area contributed by atoms with Crippen LogP contribution in [0.25, 0.3) is 0 Å². The van der Waals surface area contributed by atoms with Gasteiger partial charge in [0, 0.05) is 29.4 Å². The monoisotopic (exact) mass is 493 g/mol. The lowest BCUT2D eigenvalue weighted by Gasteiger charge is -2.33. The van der Waals surface area contributed by atoms with Crippen molar-refractivity contribution in [2.24, 2.45) is 0 Å². The minimum atomic E-state index is -1.14. The molecule has 1 fully saturated rings. The van der Waals surface area contributed by atoms with Gasteiger partial charge in [-0.2, -0.15) is 0 Å². The van der Waals surface area contributed by atoms with Gasteiger partial charge >= 0.3 is 6.03 Å². The predicted octanol–water partition coefficient (Wildman–Crippen LogP) is 5.01. The number of benzene rings is 3. The van der Waals surface area contributed by atoms with Crippen molar-refractivity contribution in [2.45, 2.75) is 18.0 Å². The zero-order valence-corrected chi connectivity index (χ0v) is 20.2. The first-order valence-corrected chi connectivity index (χ1v) is 12.4. The number of halogens is 1. The second kappa shape index (κ2) is 9.24. The van der Waals surface area contributed by atoms with E-state index in [2.05, 4.69) is 5.32 Å². The number of thioether (sulfide) groups is 1. The highest BCUT2D eigenvalue weighted by atomic mass is 35.5. The summed E-state index contributed by atoms with van der Waals surface area (Å²) in [6.45, 7) is 1.23. The number of carbonyl (C=O) groups excluding carboxylic acids is 2. The Morgan fingerprint density at radius 3 is 2.68 bits per heavy atom. The number of methoxy groups -OCH3 is 1. The van der Waals surface area contributed by atoms with Crippen LogP contribution in [0.2, 0.25) is 5.02 Å². The van der Waals surface area contributed by atoms with Gasteiger partial charge in [0.05, 0.1) is 19.3 Å². The van der Waals surface area contributed by atoms with E-state index in [1.807, 2.05) is 66.7 Å². The molecule has 2 aliphatic heterocycles. The van der Waals surface area contributed by atoms with Gasteiger partial charge in [0.15, 0.2) is 4.87 Å². The summed E-state index contributed by atoms with van der Waals surface area (Å²) in [7, 11) is 1.62. The number of hydrogen-bond acceptors (Lipinski definition) is 4. The Kier molecular flexibility index (Phi) is 6.15. The van der Waals surface area contributed by atoms with Crippen molar-refractivity contribution in [3.8, 4) is 5.75 Å². The Bertz CT molecular complexity index is 1240. The second-order valence-corrected chi connectivity index (χ2v) is 9.92. The van der Waals surface area contributed by atoms with E-state index in [-0.39, 0.29) is 11.9 Å². The maximum Gasteiger partial charge on any atom is 0.319 e. The van der Waals surface area contributed by atoms with Crippen molar-refractivity contribution in [1.82, 2.24) is 10.2 Å². The summed E-state index contributed by atoms with van der Waals surface area (Å²) in [6.07, 6.45) is 0. The van der Waals surface area contributed by atoms with Gasteiger partial charge in [0.2, 0.25) is 0 Å². The van der Waals surface area contributed by atoms with Crippen LogP contribution in [0.5, 0.6) is 5.75 Å². The van der Waals surface area contributed by atoms with Gasteiger partial charge in [0.1, 0.15) is 5.75 Å². The lowest BCUT2D eigenvalue weighted by molar-refractivity contribution is -0.123. The van der Waals surface area contributed by atoms with Crippen LogP contribution in [0.3, 0.4) is 0 Å². The van der Waals surface area contributed by atoms with E-state index >= 15 is 0 Å². The molecule has 0 aliphatic carbocycles. The first kappa shape index (κ1) is 22.6. The van der Waals surface area contributed by atoms with Crippen molar-refractivity contribution in [3.63, 3.8) is 0 Å². The van der Waals surface area contributed by atoms with Crippen LogP contribution in [0, 0.1) is 0 Å². The lowest BCUT2D eigenvalue weighted by atomic mass is 10.1. The predicted molar refractivity (Wildman–Crippen MR) is 135 cm³/mol. The molecule has 0 unspecified atom stereocenters. The molecule has 3 aromatic carbocycles. The molecule has 0 radical (unpaired) electrons. The van der Waals surface area contributed by atoms with E-state index < -0.39 is 4.87 Å². The van der Waals surface area contributed by atoms with E-state index in [1.165, 1.54) is 11.8 Å². The smallest absolute Gasteiger partial charge is 0.319 e. The molecule has 174 valence electrons. The van der Waals surface area contributed by atoms with Crippen LogP contribution in [-0.4, -0.2) is 36.2 Å². The minimum absolute atomic E-state index is 0.134. The molecule has 0 bridgehead atoms. The third-order valence-electron chi connectivity index (χ3n) is 6.16. The molecule has 1 spiro atoms. The van der Waals surface area contributed by atoms with Gasteiger partial charge in [-0.15, -0.1) is 11.8 Å². The number of ether oxygens (including phenoxy) is 1. The molecule has 5 rings (SSSR count). The molecule has 2 aliphatic rings. The molecule has 1 saturated heterocycles. The number of amides is 3. The van der Waals surface area contributed by atoms with E-state index in [0.29, 0.717) is 30.4 Å². The lowest BCUT2D eigenvalue weighted by Crippen LogP contribution is -2.53. The van der Waals surface area contributed by atoms with Gasteiger partial charge in [0.25, 0.3) is 5.91 Å². The Labute approximate surface area is 207 Å². The summed E-state index contributed by atoms with van der Waals surface area (Å²) < 4.78 is 5.35. The van der Waals surface area contributed by atoms with Gasteiger partial charge < -0.3 is 15.0 Å².